The summed E-state index contributed by atoms with van der Waals surface area (Å²) < 4.78 is 26.6. The van der Waals surface area contributed by atoms with E-state index in [4.69, 9.17) is 0 Å². The summed E-state index contributed by atoms with van der Waals surface area (Å²) in [5.41, 5.74) is 0.297. The molecule has 0 aliphatic heterocycles. The van der Waals surface area contributed by atoms with Crippen LogP contribution in [0.2, 0.25) is 0 Å². The summed E-state index contributed by atoms with van der Waals surface area (Å²) in [5.74, 6) is -0.574. The average Bonchev–Trinajstić information content (AvgIpc) is 2.23. The zero-order valence-electron chi connectivity index (χ0n) is 8.76. The SMILES string of the molecule is CCSCC(O)c1ccc(C)c(F)c1F. The van der Waals surface area contributed by atoms with Gasteiger partial charge in [0.25, 0.3) is 0 Å². The maximum Gasteiger partial charge on any atom is 0.164 e. The molecule has 15 heavy (non-hydrogen) atoms. The molecular formula is C11H14F2OS. The first kappa shape index (κ1) is 12.5. The number of rotatable bonds is 4. The molecule has 1 N–H and O–H groups in total. The first-order valence-electron chi connectivity index (χ1n) is 4.78. The fourth-order valence-electron chi connectivity index (χ4n) is 1.24. The highest BCUT2D eigenvalue weighted by atomic mass is 32.2. The first-order chi connectivity index (χ1) is 7.07. The fraction of sp³-hybridized carbons (Fsp3) is 0.455. The molecule has 1 rings (SSSR count). The quantitative estimate of drug-likeness (QED) is 0.861. The minimum Gasteiger partial charge on any atom is -0.387 e. The summed E-state index contributed by atoms with van der Waals surface area (Å²) >= 11 is 1.49. The van der Waals surface area contributed by atoms with Crippen molar-refractivity contribution >= 4 is 11.8 Å². The van der Waals surface area contributed by atoms with E-state index in [-0.39, 0.29) is 11.1 Å². The first-order valence-corrected chi connectivity index (χ1v) is 5.93. The Morgan fingerprint density at radius 2 is 2.00 bits per heavy atom. The number of aryl methyl sites for hydroxylation is 1. The van der Waals surface area contributed by atoms with Gasteiger partial charge >= 0.3 is 0 Å². The van der Waals surface area contributed by atoms with Crippen LogP contribution in [0.4, 0.5) is 8.78 Å². The van der Waals surface area contributed by atoms with E-state index in [1.54, 1.807) is 0 Å². The third-order valence-corrected chi connectivity index (χ3v) is 3.10. The zero-order chi connectivity index (χ0) is 11.4. The molecule has 0 aliphatic rings. The Balaban J connectivity index is 2.90. The van der Waals surface area contributed by atoms with Gasteiger partial charge in [0.2, 0.25) is 0 Å². The van der Waals surface area contributed by atoms with Crippen molar-refractivity contribution in [1.29, 1.82) is 0 Å². The highest BCUT2D eigenvalue weighted by Gasteiger charge is 2.17. The van der Waals surface area contributed by atoms with E-state index in [1.807, 2.05) is 6.92 Å². The number of hydrogen-bond donors (Lipinski definition) is 1. The van der Waals surface area contributed by atoms with Gasteiger partial charge < -0.3 is 5.11 Å². The minimum absolute atomic E-state index is 0.0408. The Bertz CT molecular complexity index is 342. The number of hydrogen-bond acceptors (Lipinski definition) is 2. The van der Waals surface area contributed by atoms with Crippen molar-refractivity contribution in [3.8, 4) is 0 Å². The van der Waals surface area contributed by atoms with Crippen LogP contribution < -0.4 is 0 Å². The summed E-state index contributed by atoms with van der Waals surface area (Å²) in [4.78, 5) is 0. The van der Waals surface area contributed by atoms with Gasteiger partial charge in [0.05, 0.1) is 6.10 Å². The van der Waals surface area contributed by atoms with Gasteiger partial charge in [-0.05, 0) is 18.2 Å². The van der Waals surface area contributed by atoms with E-state index >= 15 is 0 Å². The fourth-order valence-corrected chi connectivity index (χ4v) is 1.88. The normalized spacial score (nSPS) is 12.9. The van der Waals surface area contributed by atoms with Gasteiger partial charge in [0.15, 0.2) is 11.6 Å². The van der Waals surface area contributed by atoms with Gasteiger partial charge in [-0.25, -0.2) is 8.78 Å². The van der Waals surface area contributed by atoms with Crippen LogP contribution in [0.3, 0.4) is 0 Å². The second-order valence-corrected chi connectivity index (χ2v) is 4.59. The molecule has 0 fully saturated rings. The summed E-state index contributed by atoms with van der Waals surface area (Å²) in [5, 5.41) is 9.62. The minimum atomic E-state index is -0.940. The number of benzene rings is 1. The lowest BCUT2D eigenvalue weighted by molar-refractivity contribution is 0.197. The van der Waals surface area contributed by atoms with E-state index in [1.165, 1.54) is 30.8 Å². The molecule has 0 saturated carbocycles. The van der Waals surface area contributed by atoms with Crippen LogP contribution in [0.5, 0.6) is 0 Å². The molecule has 84 valence electrons. The van der Waals surface area contributed by atoms with Crippen molar-refractivity contribution < 1.29 is 13.9 Å². The molecule has 1 unspecified atom stereocenters. The largest absolute Gasteiger partial charge is 0.387 e. The Labute approximate surface area is 92.5 Å². The molecule has 1 aromatic carbocycles. The lowest BCUT2D eigenvalue weighted by atomic mass is 10.1. The van der Waals surface area contributed by atoms with Gasteiger partial charge in [-0.2, -0.15) is 11.8 Å². The van der Waals surface area contributed by atoms with Gasteiger partial charge in [-0.1, -0.05) is 19.1 Å². The highest BCUT2D eigenvalue weighted by molar-refractivity contribution is 7.99. The second kappa shape index (κ2) is 5.47. The van der Waals surface area contributed by atoms with Crippen LogP contribution in [-0.2, 0) is 0 Å². The van der Waals surface area contributed by atoms with Crippen LogP contribution in [0.25, 0.3) is 0 Å². The monoisotopic (exact) mass is 232 g/mol. The van der Waals surface area contributed by atoms with E-state index in [0.717, 1.165) is 5.75 Å². The average molecular weight is 232 g/mol. The van der Waals surface area contributed by atoms with Crippen molar-refractivity contribution in [3.05, 3.63) is 34.9 Å². The molecule has 0 aromatic heterocycles. The molecule has 1 atom stereocenters. The van der Waals surface area contributed by atoms with Crippen molar-refractivity contribution in [3.63, 3.8) is 0 Å². The van der Waals surface area contributed by atoms with Crippen molar-refractivity contribution in [2.75, 3.05) is 11.5 Å². The predicted molar refractivity (Wildman–Crippen MR) is 59.1 cm³/mol. The number of halogens is 2. The highest BCUT2D eigenvalue weighted by Crippen LogP contribution is 2.24. The molecular weight excluding hydrogens is 218 g/mol. The maximum absolute atomic E-state index is 13.4. The Kier molecular flexibility index (Phi) is 4.54. The van der Waals surface area contributed by atoms with Crippen LogP contribution in [-0.4, -0.2) is 16.6 Å². The van der Waals surface area contributed by atoms with Gasteiger partial charge in [-0.15, -0.1) is 0 Å². The van der Waals surface area contributed by atoms with Crippen LogP contribution in [0.1, 0.15) is 24.2 Å². The molecule has 1 aromatic rings. The summed E-state index contributed by atoms with van der Waals surface area (Å²) in [7, 11) is 0. The summed E-state index contributed by atoms with van der Waals surface area (Å²) in [6.45, 7) is 3.44. The predicted octanol–water partition coefficient (Wildman–Crippen LogP) is 3.06. The van der Waals surface area contributed by atoms with Crippen molar-refractivity contribution in [2.24, 2.45) is 0 Å². The lowest BCUT2D eigenvalue weighted by Crippen LogP contribution is -2.06. The number of aliphatic hydroxyl groups excluding tert-OH is 1. The van der Waals surface area contributed by atoms with Crippen LogP contribution in [0, 0.1) is 18.6 Å². The Hall–Kier alpha value is -0.610. The van der Waals surface area contributed by atoms with Crippen LogP contribution >= 0.6 is 11.8 Å². The van der Waals surface area contributed by atoms with Crippen molar-refractivity contribution in [2.45, 2.75) is 20.0 Å². The van der Waals surface area contributed by atoms with E-state index in [2.05, 4.69) is 0 Å². The molecule has 0 heterocycles. The number of aliphatic hydroxyl groups is 1. The summed E-state index contributed by atoms with van der Waals surface area (Å²) in [6.07, 6.45) is -0.940. The summed E-state index contributed by atoms with van der Waals surface area (Å²) in [6, 6.07) is 2.92. The zero-order valence-corrected chi connectivity index (χ0v) is 9.57. The number of thioether (sulfide) groups is 1. The second-order valence-electron chi connectivity index (χ2n) is 3.27. The van der Waals surface area contributed by atoms with Gasteiger partial charge in [-0.3, -0.25) is 0 Å². The van der Waals surface area contributed by atoms with Gasteiger partial charge in [0, 0.05) is 11.3 Å². The Morgan fingerprint density at radius 3 is 2.60 bits per heavy atom. The molecule has 0 bridgehead atoms. The van der Waals surface area contributed by atoms with E-state index in [0.29, 0.717) is 5.75 Å². The van der Waals surface area contributed by atoms with E-state index < -0.39 is 17.7 Å². The molecule has 0 saturated heterocycles. The third-order valence-electron chi connectivity index (χ3n) is 2.14. The molecule has 1 nitrogen and oxygen atoms in total. The van der Waals surface area contributed by atoms with Crippen molar-refractivity contribution in [1.82, 2.24) is 0 Å². The standard InChI is InChI=1S/C11H14F2OS/c1-3-15-6-9(14)8-5-4-7(2)10(12)11(8)13/h4-5,9,14H,3,6H2,1-2H3. The smallest absolute Gasteiger partial charge is 0.164 e. The molecule has 0 spiro atoms. The third kappa shape index (κ3) is 2.92. The molecule has 4 heteroatoms. The van der Waals surface area contributed by atoms with Gasteiger partial charge in [0.1, 0.15) is 0 Å². The van der Waals surface area contributed by atoms with E-state index in [9.17, 15) is 13.9 Å². The maximum atomic E-state index is 13.4. The molecule has 0 radical (unpaired) electrons. The van der Waals surface area contributed by atoms with Crippen LogP contribution in [0.15, 0.2) is 12.1 Å². The Morgan fingerprint density at radius 1 is 1.33 bits per heavy atom. The lowest BCUT2D eigenvalue weighted by Gasteiger charge is -2.12. The molecule has 0 aliphatic carbocycles. The molecule has 0 amide bonds. The topological polar surface area (TPSA) is 20.2 Å².